The molecule has 1 spiro atoms. The molecule has 2 aliphatic heterocycles. The number of ketones is 3. The zero-order chi connectivity index (χ0) is 28.6. The molecule has 0 amide bonds. The number of nitrogens with zero attached hydrogens (tertiary/aromatic N) is 1. The van der Waals surface area contributed by atoms with Gasteiger partial charge in [-0.1, -0.05) is 80.9 Å². The molecule has 3 aromatic carbocycles. The number of methoxy groups -OCH3 is 2. The average Bonchev–Trinajstić information content (AvgIpc) is 3.37. The fourth-order valence-corrected chi connectivity index (χ4v) is 7.07. The summed E-state index contributed by atoms with van der Waals surface area (Å²) < 4.78 is 11.5. The molecule has 0 radical (unpaired) electrons. The second kappa shape index (κ2) is 9.07. The normalized spacial score (nSPS) is 22.2. The highest BCUT2D eigenvalue weighted by atomic mass is 35.5. The van der Waals surface area contributed by atoms with Crippen LogP contribution in [0.1, 0.15) is 58.5 Å². The molecule has 40 heavy (non-hydrogen) atoms. The van der Waals surface area contributed by atoms with Gasteiger partial charge in [-0.05, 0) is 29.8 Å². The number of benzene rings is 3. The van der Waals surface area contributed by atoms with Gasteiger partial charge in [0.15, 0.2) is 28.8 Å². The Bertz CT molecular complexity index is 1580. The maximum Gasteiger partial charge on any atom is 0.180 e. The van der Waals surface area contributed by atoms with E-state index in [-0.39, 0.29) is 17.3 Å². The number of hydrogen-bond donors (Lipinski definition) is 0. The van der Waals surface area contributed by atoms with Gasteiger partial charge in [0, 0.05) is 38.7 Å². The average molecular weight is 556 g/mol. The van der Waals surface area contributed by atoms with Gasteiger partial charge in [-0.2, -0.15) is 0 Å². The second-order valence-electron chi connectivity index (χ2n) is 11.6. The number of fused-ring (bicyclic) bond motifs is 5. The highest BCUT2D eigenvalue weighted by molar-refractivity contribution is 6.32. The van der Waals surface area contributed by atoms with Crippen LogP contribution in [0.25, 0.3) is 6.08 Å². The molecule has 3 aliphatic rings. The smallest absolute Gasteiger partial charge is 0.180 e. The summed E-state index contributed by atoms with van der Waals surface area (Å²) in [5.41, 5.74) is 0.507. The molecule has 204 valence electrons. The Morgan fingerprint density at radius 2 is 1.60 bits per heavy atom. The van der Waals surface area contributed by atoms with Crippen molar-refractivity contribution in [2.75, 3.05) is 19.1 Å². The van der Waals surface area contributed by atoms with E-state index in [9.17, 15) is 14.4 Å². The van der Waals surface area contributed by atoms with Crippen LogP contribution >= 0.6 is 11.6 Å². The molecule has 1 aliphatic carbocycles. The molecule has 1 unspecified atom stereocenters. The molecular formula is C33H30ClNO5. The molecule has 2 heterocycles. The van der Waals surface area contributed by atoms with Crippen molar-refractivity contribution in [1.82, 2.24) is 0 Å². The van der Waals surface area contributed by atoms with Gasteiger partial charge in [0.2, 0.25) is 0 Å². The van der Waals surface area contributed by atoms with Crippen molar-refractivity contribution in [1.29, 1.82) is 0 Å². The largest absolute Gasteiger partial charge is 0.493 e. The van der Waals surface area contributed by atoms with E-state index in [0.717, 1.165) is 11.3 Å². The minimum absolute atomic E-state index is 0.0861. The summed E-state index contributed by atoms with van der Waals surface area (Å²) >= 11 is 6.36. The zero-order valence-electron chi connectivity index (χ0n) is 23.0. The first kappa shape index (κ1) is 26.3. The van der Waals surface area contributed by atoms with Gasteiger partial charge in [0.25, 0.3) is 0 Å². The third-order valence-corrected chi connectivity index (χ3v) is 8.78. The molecule has 6 nitrogen and oxygen atoms in total. The number of rotatable bonds is 4. The van der Waals surface area contributed by atoms with Crippen molar-refractivity contribution in [3.63, 3.8) is 0 Å². The van der Waals surface area contributed by atoms with Gasteiger partial charge in [-0.15, -0.1) is 0 Å². The Labute approximate surface area is 238 Å². The molecule has 6 rings (SSSR count). The number of Topliss-reactive ketones (excluding diaryl/α,β-unsaturated/α-hetero) is 3. The summed E-state index contributed by atoms with van der Waals surface area (Å²) in [7, 11) is 3.07. The van der Waals surface area contributed by atoms with Gasteiger partial charge >= 0.3 is 0 Å². The summed E-state index contributed by atoms with van der Waals surface area (Å²) in [6, 6.07) is 16.2. The molecule has 1 fully saturated rings. The van der Waals surface area contributed by atoms with Gasteiger partial charge in [0.1, 0.15) is 5.41 Å². The van der Waals surface area contributed by atoms with Crippen LogP contribution in [0, 0.1) is 10.8 Å². The quantitative estimate of drug-likeness (QED) is 0.347. The van der Waals surface area contributed by atoms with E-state index in [4.69, 9.17) is 21.1 Å². The van der Waals surface area contributed by atoms with Crippen LogP contribution in [0.3, 0.4) is 0 Å². The van der Waals surface area contributed by atoms with E-state index in [1.54, 1.807) is 42.5 Å². The first-order valence-electron chi connectivity index (χ1n) is 13.3. The molecular weight excluding hydrogens is 526 g/mol. The van der Waals surface area contributed by atoms with Crippen LogP contribution in [-0.4, -0.2) is 43.7 Å². The van der Waals surface area contributed by atoms with E-state index >= 15 is 0 Å². The Morgan fingerprint density at radius 1 is 0.925 bits per heavy atom. The molecule has 0 aromatic heterocycles. The van der Waals surface area contributed by atoms with E-state index in [1.165, 1.54) is 14.2 Å². The first-order chi connectivity index (χ1) is 19.1. The fourth-order valence-electron chi connectivity index (χ4n) is 6.89. The molecule has 7 heteroatoms. The van der Waals surface area contributed by atoms with Crippen molar-refractivity contribution in [3.05, 3.63) is 94.0 Å². The van der Waals surface area contributed by atoms with Crippen LogP contribution in [0.2, 0.25) is 5.02 Å². The molecule has 0 saturated carbocycles. The van der Waals surface area contributed by atoms with Crippen molar-refractivity contribution in [3.8, 4) is 11.5 Å². The van der Waals surface area contributed by atoms with Crippen LogP contribution in [0.5, 0.6) is 11.5 Å². The number of anilines is 1. The lowest BCUT2D eigenvalue weighted by molar-refractivity contribution is -0.127. The lowest BCUT2D eigenvalue weighted by atomic mass is 9.63. The fraction of sp³-hybridized carbons (Fsp3) is 0.303. The summed E-state index contributed by atoms with van der Waals surface area (Å²) in [6.45, 7) is 5.60. The molecule has 3 aromatic rings. The van der Waals surface area contributed by atoms with E-state index in [2.05, 4.69) is 0 Å². The van der Waals surface area contributed by atoms with E-state index in [1.807, 2.05) is 56.0 Å². The molecule has 0 N–H and O–H groups in total. The van der Waals surface area contributed by atoms with Crippen molar-refractivity contribution in [2.45, 2.75) is 38.8 Å². The first-order valence-corrected chi connectivity index (χ1v) is 13.6. The summed E-state index contributed by atoms with van der Waals surface area (Å²) in [6.07, 6.45) is 3.79. The van der Waals surface area contributed by atoms with Crippen LogP contribution in [-0.2, 0) is 4.79 Å². The molecule has 3 atom stereocenters. The predicted molar refractivity (Wildman–Crippen MR) is 155 cm³/mol. The number of para-hydroxylation sites is 1. The number of carbonyl (C=O) groups is 3. The predicted octanol–water partition coefficient (Wildman–Crippen LogP) is 6.41. The van der Waals surface area contributed by atoms with Crippen LogP contribution in [0.4, 0.5) is 5.69 Å². The topological polar surface area (TPSA) is 72.9 Å². The van der Waals surface area contributed by atoms with Crippen molar-refractivity contribution < 1.29 is 23.9 Å². The summed E-state index contributed by atoms with van der Waals surface area (Å²) in [5.74, 6) is -0.670. The number of hydrogen-bond acceptors (Lipinski definition) is 6. The SMILES string of the molecule is COc1cccc([C@H]2[C@H](C(=O)C(C)(C)C)N3c4ccc(Cl)cc4C=CC3C23C(=O)c2ccccc2C3=O)c1OC. The lowest BCUT2D eigenvalue weighted by Gasteiger charge is -2.38. The van der Waals surface area contributed by atoms with Crippen LogP contribution < -0.4 is 14.4 Å². The summed E-state index contributed by atoms with van der Waals surface area (Å²) in [5, 5.41) is 0.556. The Kier molecular flexibility index (Phi) is 5.97. The Morgan fingerprint density at radius 3 is 2.20 bits per heavy atom. The van der Waals surface area contributed by atoms with Crippen molar-refractivity contribution in [2.24, 2.45) is 10.8 Å². The third-order valence-electron chi connectivity index (χ3n) is 8.54. The van der Waals surface area contributed by atoms with Crippen molar-refractivity contribution >= 4 is 40.7 Å². The minimum atomic E-state index is -1.61. The second-order valence-corrected chi connectivity index (χ2v) is 12.0. The maximum atomic E-state index is 14.7. The minimum Gasteiger partial charge on any atom is -0.493 e. The number of halogens is 1. The molecule has 1 saturated heterocycles. The maximum absolute atomic E-state index is 14.7. The van der Waals surface area contributed by atoms with E-state index in [0.29, 0.717) is 33.2 Å². The standard InChI is InChI=1S/C33H30ClNO5/c1-32(2,3)31(38)27-26(22-11-8-12-24(39-4)28(22)40-5)33(29(36)20-9-6-7-10-21(20)30(33)37)25-16-13-18-17-19(34)14-15-23(18)35(25)27/h6-17,25-27H,1-5H3/t25?,26-,27+/m0/s1. The Balaban J connectivity index is 1.74. The Hall–Kier alpha value is -3.90. The van der Waals surface area contributed by atoms with Crippen LogP contribution in [0.15, 0.2) is 66.7 Å². The highest BCUT2D eigenvalue weighted by Gasteiger charge is 2.72. The third kappa shape index (κ3) is 3.38. The van der Waals surface area contributed by atoms with Gasteiger partial charge in [-0.25, -0.2) is 0 Å². The van der Waals surface area contributed by atoms with Gasteiger partial charge in [-0.3, -0.25) is 14.4 Å². The highest BCUT2D eigenvalue weighted by Crippen LogP contribution is 2.62. The summed E-state index contributed by atoms with van der Waals surface area (Å²) in [4.78, 5) is 46.0. The molecule has 0 bridgehead atoms. The van der Waals surface area contributed by atoms with Gasteiger partial charge in [0.05, 0.1) is 26.3 Å². The monoisotopic (exact) mass is 555 g/mol. The number of ether oxygens (including phenoxy) is 2. The lowest BCUT2D eigenvalue weighted by Crippen LogP contribution is -2.49. The van der Waals surface area contributed by atoms with E-state index < -0.39 is 28.8 Å². The van der Waals surface area contributed by atoms with Gasteiger partial charge < -0.3 is 14.4 Å². The zero-order valence-corrected chi connectivity index (χ0v) is 23.8. The number of carbonyl (C=O) groups excluding carboxylic acids is 3.